The van der Waals surface area contributed by atoms with Gasteiger partial charge in [0.2, 0.25) is 0 Å². The van der Waals surface area contributed by atoms with Crippen LogP contribution in [0.3, 0.4) is 0 Å². The first kappa shape index (κ1) is 13.6. The lowest BCUT2D eigenvalue weighted by Crippen LogP contribution is -2.30. The summed E-state index contributed by atoms with van der Waals surface area (Å²) in [6, 6.07) is 16.3. The van der Waals surface area contributed by atoms with Crippen molar-refractivity contribution < 1.29 is 4.79 Å². The first-order valence-corrected chi connectivity index (χ1v) is 7.96. The maximum absolute atomic E-state index is 12.3. The molecule has 0 unspecified atom stereocenters. The van der Waals surface area contributed by atoms with Gasteiger partial charge in [0, 0.05) is 9.13 Å². The Morgan fingerprint density at radius 2 is 1.85 bits per heavy atom. The molecule has 2 aromatic carbocycles. The van der Waals surface area contributed by atoms with Gasteiger partial charge in [-0.15, -0.1) is 0 Å². The maximum Gasteiger partial charge on any atom is 0.251 e. The molecule has 2 nitrogen and oxygen atoms in total. The zero-order valence-electron chi connectivity index (χ0n) is 11.1. The quantitative estimate of drug-likeness (QED) is 0.785. The third kappa shape index (κ3) is 2.87. The molecule has 20 heavy (non-hydrogen) atoms. The molecule has 0 radical (unpaired) electrons. The van der Waals surface area contributed by atoms with Crippen molar-refractivity contribution in [3.8, 4) is 0 Å². The average molecular weight is 377 g/mol. The van der Waals surface area contributed by atoms with E-state index in [0.717, 1.165) is 28.4 Å². The van der Waals surface area contributed by atoms with Crippen molar-refractivity contribution in [1.82, 2.24) is 5.32 Å². The molecule has 1 amide bonds. The highest BCUT2D eigenvalue weighted by molar-refractivity contribution is 14.1. The van der Waals surface area contributed by atoms with Crippen molar-refractivity contribution in [1.29, 1.82) is 0 Å². The van der Waals surface area contributed by atoms with E-state index in [1.807, 2.05) is 30.3 Å². The molecule has 0 fully saturated rings. The number of amides is 1. The van der Waals surface area contributed by atoms with E-state index in [4.69, 9.17) is 0 Å². The SMILES string of the molecule is O=C(N[C@H]1CCCc2ccccc21)c1ccc(I)cc1. The maximum atomic E-state index is 12.3. The van der Waals surface area contributed by atoms with Gasteiger partial charge in [0.15, 0.2) is 0 Å². The van der Waals surface area contributed by atoms with Crippen molar-refractivity contribution in [2.24, 2.45) is 0 Å². The third-order valence-corrected chi connectivity index (χ3v) is 4.50. The van der Waals surface area contributed by atoms with Crippen LogP contribution in [0, 0.1) is 3.57 Å². The van der Waals surface area contributed by atoms with Gasteiger partial charge < -0.3 is 5.32 Å². The highest BCUT2D eigenvalue weighted by atomic mass is 127. The third-order valence-electron chi connectivity index (χ3n) is 3.78. The second-order valence-electron chi connectivity index (χ2n) is 5.12. The van der Waals surface area contributed by atoms with Gasteiger partial charge in [-0.25, -0.2) is 0 Å². The van der Waals surface area contributed by atoms with E-state index in [2.05, 4.69) is 46.1 Å². The van der Waals surface area contributed by atoms with Crippen LogP contribution in [0.25, 0.3) is 0 Å². The predicted molar refractivity (Wildman–Crippen MR) is 88.7 cm³/mol. The van der Waals surface area contributed by atoms with Crippen molar-refractivity contribution in [3.05, 3.63) is 68.8 Å². The van der Waals surface area contributed by atoms with Gasteiger partial charge in [-0.3, -0.25) is 4.79 Å². The van der Waals surface area contributed by atoms with E-state index >= 15 is 0 Å². The number of nitrogens with one attached hydrogen (secondary N) is 1. The summed E-state index contributed by atoms with van der Waals surface area (Å²) in [5, 5.41) is 3.17. The molecular weight excluding hydrogens is 361 g/mol. The molecule has 3 heteroatoms. The summed E-state index contributed by atoms with van der Waals surface area (Å²) in [5.41, 5.74) is 3.37. The minimum atomic E-state index is 0.0168. The molecule has 3 rings (SSSR count). The molecule has 0 aliphatic heterocycles. The molecule has 1 atom stereocenters. The number of halogens is 1. The fraction of sp³-hybridized carbons (Fsp3) is 0.235. The van der Waals surface area contributed by atoms with E-state index < -0.39 is 0 Å². The zero-order chi connectivity index (χ0) is 13.9. The molecule has 0 spiro atoms. The monoisotopic (exact) mass is 377 g/mol. The second-order valence-corrected chi connectivity index (χ2v) is 6.37. The van der Waals surface area contributed by atoms with Crippen LogP contribution in [0.15, 0.2) is 48.5 Å². The van der Waals surface area contributed by atoms with Crippen LogP contribution in [-0.4, -0.2) is 5.91 Å². The summed E-state index contributed by atoms with van der Waals surface area (Å²) in [7, 11) is 0. The Morgan fingerprint density at radius 1 is 1.10 bits per heavy atom. The Hall–Kier alpha value is -1.36. The number of benzene rings is 2. The van der Waals surface area contributed by atoms with Gasteiger partial charge in [0.05, 0.1) is 6.04 Å². The molecule has 0 bridgehead atoms. The first-order valence-electron chi connectivity index (χ1n) is 6.88. The predicted octanol–water partition coefficient (Wildman–Crippen LogP) is 4.10. The van der Waals surface area contributed by atoms with Crippen LogP contribution >= 0.6 is 22.6 Å². The van der Waals surface area contributed by atoms with Crippen LogP contribution in [0.4, 0.5) is 0 Å². The van der Waals surface area contributed by atoms with Crippen molar-refractivity contribution >= 4 is 28.5 Å². The highest BCUT2D eigenvalue weighted by Crippen LogP contribution is 2.29. The van der Waals surface area contributed by atoms with Crippen LogP contribution in [-0.2, 0) is 6.42 Å². The molecule has 102 valence electrons. The molecule has 0 aromatic heterocycles. The van der Waals surface area contributed by atoms with Crippen LogP contribution in [0.2, 0.25) is 0 Å². The Morgan fingerprint density at radius 3 is 2.65 bits per heavy atom. The Labute approximate surface area is 132 Å². The van der Waals surface area contributed by atoms with Crippen LogP contribution < -0.4 is 5.32 Å². The number of rotatable bonds is 2. The Bertz CT molecular complexity index is 621. The number of hydrogen-bond acceptors (Lipinski definition) is 1. The van der Waals surface area contributed by atoms with Crippen LogP contribution in [0.1, 0.15) is 40.4 Å². The van der Waals surface area contributed by atoms with Gasteiger partial charge >= 0.3 is 0 Å². The molecular formula is C17H16INO. The molecule has 1 N–H and O–H groups in total. The summed E-state index contributed by atoms with van der Waals surface area (Å²) in [4.78, 5) is 12.3. The van der Waals surface area contributed by atoms with E-state index in [9.17, 15) is 4.79 Å². The number of fused-ring (bicyclic) bond motifs is 1. The van der Waals surface area contributed by atoms with Crippen LogP contribution in [0.5, 0.6) is 0 Å². The van der Waals surface area contributed by atoms with E-state index in [1.54, 1.807) is 0 Å². The standard InChI is InChI=1S/C17H16INO/c18-14-10-8-13(9-11-14)17(20)19-16-7-3-5-12-4-1-2-6-15(12)16/h1-2,4,6,8-11,16H,3,5,7H2,(H,19,20)/t16-/m0/s1. The van der Waals surface area contributed by atoms with Crippen molar-refractivity contribution in [3.63, 3.8) is 0 Å². The zero-order valence-corrected chi connectivity index (χ0v) is 13.3. The largest absolute Gasteiger partial charge is 0.345 e. The fourth-order valence-corrected chi connectivity index (χ4v) is 3.11. The van der Waals surface area contributed by atoms with Gasteiger partial charge in [-0.1, -0.05) is 24.3 Å². The molecule has 1 aliphatic rings. The van der Waals surface area contributed by atoms with Gasteiger partial charge in [0.25, 0.3) is 5.91 Å². The lowest BCUT2D eigenvalue weighted by Gasteiger charge is -2.26. The van der Waals surface area contributed by atoms with Gasteiger partial charge in [-0.2, -0.15) is 0 Å². The molecule has 1 aliphatic carbocycles. The normalized spacial score (nSPS) is 17.4. The van der Waals surface area contributed by atoms with Gasteiger partial charge in [-0.05, 0) is 77.2 Å². The van der Waals surface area contributed by atoms with Gasteiger partial charge in [0.1, 0.15) is 0 Å². The number of aryl methyl sites for hydroxylation is 1. The molecule has 0 saturated heterocycles. The number of carbonyl (C=O) groups excluding carboxylic acids is 1. The van der Waals surface area contributed by atoms with E-state index in [-0.39, 0.29) is 11.9 Å². The summed E-state index contributed by atoms with van der Waals surface area (Å²) in [5.74, 6) is 0.0168. The summed E-state index contributed by atoms with van der Waals surface area (Å²) >= 11 is 2.24. The lowest BCUT2D eigenvalue weighted by atomic mass is 9.87. The summed E-state index contributed by atoms with van der Waals surface area (Å²) < 4.78 is 1.14. The topological polar surface area (TPSA) is 29.1 Å². The van der Waals surface area contributed by atoms with Crippen molar-refractivity contribution in [2.75, 3.05) is 0 Å². The lowest BCUT2D eigenvalue weighted by molar-refractivity contribution is 0.0932. The average Bonchev–Trinajstić information content (AvgIpc) is 2.48. The van der Waals surface area contributed by atoms with E-state index in [1.165, 1.54) is 11.1 Å². The molecule has 0 heterocycles. The van der Waals surface area contributed by atoms with Crippen molar-refractivity contribution in [2.45, 2.75) is 25.3 Å². The number of hydrogen-bond donors (Lipinski definition) is 1. The molecule has 0 saturated carbocycles. The number of carbonyl (C=O) groups is 1. The highest BCUT2D eigenvalue weighted by Gasteiger charge is 2.21. The molecule has 2 aromatic rings. The summed E-state index contributed by atoms with van der Waals surface area (Å²) in [6.45, 7) is 0. The Kier molecular flexibility index (Phi) is 4.05. The first-order chi connectivity index (χ1) is 9.74. The van der Waals surface area contributed by atoms with E-state index in [0.29, 0.717) is 0 Å². The Balaban J connectivity index is 1.79. The fourth-order valence-electron chi connectivity index (χ4n) is 2.75. The minimum absolute atomic E-state index is 0.0168. The second kappa shape index (κ2) is 5.95. The minimum Gasteiger partial charge on any atom is -0.345 e. The smallest absolute Gasteiger partial charge is 0.251 e. The summed E-state index contributed by atoms with van der Waals surface area (Å²) in [6.07, 6.45) is 3.27.